The first-order valence-corrected chi connectivity index (χ1v) is 5.96. The molecule has 0 amide bonds. The number of para-hydroxylation sites is 1. The molecule has 0 aliphatic rings. The van der Waals surface area contributed by atoms with Gasteiger partial charge in [-0.3, -0.25) is 0 Å². The van der Waals surface area contributed by atoms with Crippen LogP contribution in [-0.2, 0) is 0 Å². The van der Waals surface area contributed by atoms with E-state index < -0.39 is 0 Å². The summed E-state index contributed by atoms with van der Waals surface area (Å²) in [6.45, 7) is 6.34. The van der Waals surface area contributed by atoms with Crippen LogP contribution in [0.25, 0.3) is 11.3 Å². The van der Waals surface area contributed by atoms with Gasteiger partial charge in [0.1, 0.15) is 17.4 Å². The molecule has 0 bridgehead atoms. The fourth-order valence-electron chi connectivity index (χ4n) is 1.86. The number of ether oxygens (including phenoxy) is 1. The maximum atomic E-state index is 5.89. The number of anilines is 1. The molecule has 0 saturated heterocycles. The van der Waals surface area contributed by atoms with Gasteiger partial charge in [0.15, 0.2) is 0 Å². The van der Waals surface area contributed by atoms with Crippen molar-refractivity contribution in [1.29, 1.82) is 0 Å². The van der Waals surface area contributed by atoms with Crippen LogP contribution in [-0.4, -0.2) is 16.6 Å². The Labute approximate surface area is 107 Å². The van der Waals surface area contributed by atoms with Gasteiger partial charge in [0.25, 0.3) is 0 Å². The fourth-order valence-corrected chi connectivity index (χ4v) is 1.86. The summed E-state index contributed by atoms with van der Waals surface area (Å²) in [5.74, 6) is 2.00. The van der Waals surface area contributed by atoms with Gasteiger partial charge < -0.3 is 10.5 Å². The first kappa shape index (κ1) is 12.4. The maximum absolute atomic E-state index is 5.89. The highest BCUT2D eigenvalue weighted by Gasteiger charge is 2.13. The molecule has 0 spiro atoms. The van der Waals surface area contributed by atoms with Crippen molar-refractivity contribution in [2.75, 3.05) is 12.3 Å². The summed E-state index contributed by atoms with van der Waals surface area (Å²) in [4.78, 5) is 8.64. The largest absolute Gasteiger partial charge is 0.493 e. The SMILES string of the molecule is CCOc1ccccc1-c1nc(C)nc(N)c1C. The number of hydrogen-bond donors (Lipinski definition) is 1. The third kappa shape index (κ3) is 2.27. The van der Waals surface area contributed by atoms with Gasteiger partial charge in [-0.25, -0.2) is 9.97 Å². The molecule has 18 heavy (non-hydrogen) atoms. The van der Waals surface area contributed by atoms with E-state index in [-0.39, 0.29) is 0 Å². The summed E-state index contributed by atoms with van der Waals surface area (Å²) in [5.41, 5.74) is 8.56. The van der Waals surface area contributed by atoms with E-state index in [1.165, 1.54) is 0 Å². The number of aromatic nitrogens is 2. The van der Waals surface area contributed by atoms with Crippen molar-refractivity contribution in [3.05, 3.63) is 35.7 Å². The Kier molecular flexibility index (Phi) is 3.46. The van der Waals surface area contributed by atoms with Gasteiger partial charge in [0.05, 0.1) is 12.3 Å². The average molecular weight is 243 g/mol. The summed E-state index contributed by atoms with van der Waals surface area (Å²) >= 11 is 0. The lowest BCUT2D eigenvalue weighted by Crippen LogP contribution is -2.03. The first-order valence-electron chi connectivity index (χ1n) is 5.96. The van der Waals surface area contributed by atoms with Crippen molar-refractivity contribution in [3.8, 4) is 17.0 Å². The minimum Gasteiger partial charge on any atom is -0.493 e. The smallest absolute Gasteiger partial charge is 0.130 e. The molecule has 2 N–H and O–H groups in total. The Hall–Kier alpha value is -2.10. The Morgan fingerprint density at radius 1 is 1.17 bits per heavy atom. The Morgan fingerprint density at radius 2 is 1.89 bits per heavy atom. The highest BCUT2D eigenvalue weighted by molar-refractivity contribution is 5.72. The van der Waals surface area contributed by atoms with Crippen LogP contribution in [0.15, 0.2) is 24.3 Å². The second-order valence-electron chi connectivity index (χ2n) is 4.06. The number of benzene rings is 1. The normalized spacial score (nSPS) is 10.4. The van der Waals surface area contributed by atoms with Crippen LogP contribution < -0.4 is 10.5 Å². The molecule has 0 atom stereocenters. The summed E-state index contributed by atoms with van der Waals surface area (Å²) in [6.07, 6.45) is 0. The van der Waals surface area contributed by atoms with E-state index in [0.29, 0.717) is 18.2 Å². The average Bonchev–Trinajstić information content (AvgIpc) is 2.35. The van der Waals surface area contributed by atoms with E-state index in [9.17, 15) is 0 Å². The minimum atomic E-state index is 0.517. The number of hydrogen-bond acceptors (Lipinski definition) is 4. The monoisotopic (exact) mass is 243 g/mol. The van der Waals surface area contributed by atoms with Gasteiger partial charge in [-0.2, -0.15) is 0 Å². The molecule has 0 saturated carbocycles. The summed E-state index contributed by atoms with van der Waals surface area (Å²) in [6, 6.07) is 7.83. The first-order chi connectivity index (χ1) is 8.63. The minimum absolute atomic E-state index is 0.517. The zero-order valence-corrected chi connectivity index (χ0v) is 10.9. The van der Waals surface area contributed by atoms with Crippen LogP contribution in [0.5, 0.6) is 5.75 Å². The molecular weight excluding hydrogens is 226 g/mol. The van der Waals surface area contributed by atoms with Crippen molar-refractivity contribution in [1.82, 2.24) is 9.97 Å². The second kappa shape index (κ2) is 5.04. The molecule has 1 aromatic carbocycles. The van der Waals surface area contributed by atoms with Gasteiger partial charge >= 0.3 is 0 Å². The lowest BCUT2D eigenvalue weighted by atomic mass is 10.1. The van der Waals surface area contributed by atoms with E-state index in [1.54, 1.807) is 0 Å². The Balaban J connectivity index is 2.61. The van der Waals surface area contributed by atoms with Crippen LogP contribution in [0, 0.1) is 13.8 Å². The quantitative estimate of drug-likeness (QED) is 0.900. The maximum Gasteiger partial charge on any atom is 0.130 e. The van der Waals surface area contributed by atoms with Crippen molar-refractivity contribution in [3.63, 3.8) is 0 Å². The third-order valence-electron chi connectivity index (χ3n) is 2.74. The second-order valence-corrected chi connectivity index (χ2v) is 4.06. The van der Waals surface area contributed by atoms with Crippen LogP contribution >= 0.6 is 0 Å². The van der Waals surface area contributed by atoms with Crippen LogP contribution in [0.1, 0.15) is 18.3 Å². The number of rotatable bonds is 3. The highest BCUT2D eigenvalue weighted by Crippen LogP contribution is 2.32. The standard InChI is InChI=1S/C14H17N3O/c1-4-18-12-8-6-5-7-11(12)13-9(2)14(15)17-10(3)16-13/h5-8H,4H2,1-3H3,(H2,15,16,17). The van der Waals surface area contributed by atoms with Gasteiger partial charge in [0.2, 0.25) is 0 Å². The molecule has 2 rings (SSSR count). The predicted molar refractivity (Wildman–Crippen MR) is 72.5 cm³/mol. The van der Waals surface area contributed by atoms with Crippen molar-refractivity contribution < 1.29 is 4.74 Å². The van der Waals surface area contributed by atoms with Crippen LogP contribution in [0.4, 0.5) is 5.82 Å². The fraction of sp³-hybridized carbons (Fsp3) is 0.286. The van der Waals surface area contributed by atoms with Crippen molar-refractivity contribution >= 4 is 5.82 Å². The molecule has 0 radical (unpaired) electrons. The third-order valence-corrected chi connectivity index (χ3v) is 2.74. The summed E-state index contributed by atoms with van der Waals surface area (Å²) < 4.78 is 5.62. The van der Waals surface area contributed by atoms with E-state index in [2.05, 4.69) is 9.97 Å². The molecule has 94 valence electrons. The Morgan fingerprint density at radius 3 is 2.61 bits per heavy atom. The molecule has 0 unspecified atom stereocenters. The van der Waals surface area contributed by atoms with Gasteiger partial charge in [0, 0.05) is 11.1 Å². The van der Waals surface area contributed by atoms with Gasteiger partial charge in [-0.05, 0) is 32.9 Å². The van der Waals surface area contributed by atoms with Gasteiger partial charge in [-0.1, -0.05) is 12.1 Å². The number of nitrogens with two attached hydrogens (primary N) is 1. The molecule has 4 nitrogen and oxygen atoms in total. The molecular formula is C14H17N3O. The summed E-state index contributed by atoms with van der Waals surface area (Å²) in [5, 5.41) is 0. The number of nitrogen functional groups attached to an aromatic ring is 1. The van der Waals surface area contributed by atoms with Crippen molar-refractivity contribution in [2.45, 2.75) is 20.8 Å². The lowest BCUT2D eigenvalue weighted by molar-refractivity contribution is 0.341. The van der Waals surface area contributed by atoms with Crippen molar-refractivity contribution in [2.24, 2.45) is 0 Å². The molecule has 0 fully saturated rings. The number of aryl methyl sites for hydroxylation is 1. The zero-order chi connectivity index (χ0) is 13.1. The van der Waals surface area contributed by atoms with Crippen LogP contribution in [0.2, 0.25) is 0 Å². The van der Waals surface area contributed by atoms with E-state index in [4.69, 9.17) is 10.5 Å². The highest BCUT2D eigenvalue weighted by atomic mass is 16.5. The molecule has 1 aromatic heterocycles. The molecule has 1 heterocycles. The molecule has 4 heteroatoms. The topological polar surface area (TPSA) is 61.0 Å². The summed E-state index contributed by atoms with van der Waals surface area (Å²) in [7, 11) is 0. The molecule has 2 aromatic rings. The van der Waals surface area contributed by atoms with E-state index in [1.807, 2.05) is 45.0 Å². The zero-order valence-electron chi connectivity index (χ0n) is 10.9. The molecule has 0 aliphatic carbocycles. The van der Waals surface area contributed by atoms with E-state index in [0.717, 1.165) is 22.6 Å². The predicted octanol–water partition coefficient (Wildman–Crippen LogP) is 2.74. The van der Waals surface area contributed by atoms with Crippen LogP contribution in [0.3, 0.4) is 0 Å². The molecule has 0 aliphatic heterocycles. The van der Waals surface area contributed by atoms with Gasteiger partial charge in [-0.15, -0.1) is 0 Å². The lowest BCUT2D eigenvalue weighted by Gasteiger charge is -2.12. The van der Waals surface area contributed by atoms with E-state index >= 15 is 0 Å². The Bertz CT molecular complexity index is 567. The number of nitrogens with zero attached hydrogens (tertiary/aromatic N) is 2.